The lowest BCUT2D eigenvalue weighted by molar-refractivity contribution is -0.136. The first-order valence-corrected chi connectivity index (χ1v) is 3.93. The largest absolute Gasteiger partial charge is 0.481 e. The maximum atomic E-state index is 10.3. The van der Waals surface area contributed by atoms with Crippen molar-refractivity contribution in [2.24, 2.45) is 7.05 Å². The third-order valence-electron chi connectivity index (χ3n) is 1.84. The highest BCUT2D eigenvalue weighted by molar-refractivity contribution is 5.67. The summed E-state index contributed by atoms with van der Waals surface area (Å²) in [5, 5.41) is 8.46. The van der Waals surface area contributed by atoms with E-state index >= 15 is 0 Å². The lowest BCUT2D eigenvalue weighted by Gasteiger charge is -1.99. The van der Waals surface area contributed by atoms with Gasteiger partial charge in [0.1, 0.15) is 0 Å². The number of rotatable bonds is 3. The van der Waals surface area contributed by atoms with Crippen molar-refractivity contribution in [3.63, 3.8) is 0 Å². The maximum absolute atomic E-state index is 10.3. The fraction of sp³-hybridized carbons (Fsp3) is 0.444. The molecule has 0 fully saturated rings. The standard InChI is InChI=1S/C9H13NO2/c1-7-5-8(10(2)6-7)3-4-9(11)12/h5-6H,3-4H2,1-2H3,(H,11,12). The first kappa shape index (κ1) is 8.84. The molecule has 66 valence electrons. The van der Waals surface area contributed by atoms with Crippen LogP contribution in [0.4, 0.5) is 0 Å². The van der Waals surface area contributed by atoms with Crippen molar-refractivity contribution < 1.29 is 9.90 Å². The SMILES string of the molecule is Cc1cc(CCC(=O)O)n(C)c1. The maximum Gasteiger partial charge on any atom is 0.303 e. The summed E-state index contributed by atoms with van der Waals surface area (Å²) in [5.74, 6) is -0.742. The molecule has 1 heterocycles. The minimum atomic E-state index is -0.742. The van der Waals surface area contributed by atoms with Crippen molar-refractivity contribution >= 4 is 5.97 Å². The first-order valence-electron chi connectivity index (χ1n) is 3.93. The van der Waals surface area contributed by atoms with Crippen molar-refractivity contribution in [3.8, 4) is 0 Å². The number of carbonyl (C=O) groups is 1. The molecule has 1 rings (SSSR count). The molecule has 0 aliphatic rings. The number of hydrogen-bond acceptors (Lipinski definition) is 1. The summed E-state index contributed by atoms with van der Waals surface area (Å²) in [4.78, 5) is 10.3. The predicted molar refractivity (Wildman–Crippen MR) is 46.1 cm³/mol. The molecule has 0 unspecified atom stereocenters. The summed E-state index contributed by atoms with van der Waals surface area (Å²) in [6.45, 7) is 2.00. The van der Waals surface area contributed by atoms with Crippen LogP contribution in [0.3, 0.4) is 0 Å². The monoisotopic (exact) mass is 167 g/mol. The Morgan fingerprint density at radius 1 is 1.67 bits per heavy atom. The molecule has 0 aliphatic heterocycles. The van der Waals surface area contributed by atoms with E-state index < -0.39 is 5.97 Å². The summed E-state index contributed by atoms with van der Waals surface area (Å²) < 4.78 is 1.97. The van der Waals surface area contributed by atoms with E-state index in [0.717, 1.165) is 5.69 Å². The zero-order valence-electron chi connectivity index (χ0n) is 7.37. The van der Waals surface area contributed by atoms with Crippen LogP contribution in [-0.4, -0.2) is 15.6 Å². The van der Waals surface area contributed by atoms with Crippen molar-refractivity contribution in [1.29, 1.82) is 0 Å². The van der Waals surface area contributed by atoms with Crippen LogP contribution in [0.15, 0.2) is 12.3 Å². The minimum Gasteiger partial charge on any atom is -0.481 e. The zero-order valence-corrected chi connectivity index (χ0v) is 7.37. The quantitative estimate of drug-likeness (QED) is 0.738. The smallest absolute Gasteiger partial charge is 0.303 e. The van der Waals surface area contributed by atoms with Gasteiger partial charge in [-0.2, -0.15) is 0 Å². The summed E-state index contributed by atoms with van der Waals surface area (Å²) in [6.07, 6.45) is 2.81. The van der Waals surface area contributed by atoms with E-state index in [0.29, 0.717) is 6.42 Å². The molecule has 1 aromatic rings. The second-order valence-corrected chi connectivity index (χ2v) is 3.01. The van der Waals surface area contributed by atoms with E-state index in [4.69, 9.17) is 5.11 Å². The van der Waals surface area contributed by atoms with E-state index in [1.54, 1.807) is 0 Å². The van der Waals surface area contributed by atoms with Gasteiger partial charge in [0.05, 0.1) is 6.42 Å². The summed E-state index contributed by atoms with van der Waals surface area (Å²) >= 11 is 0. The van der Waals surface area contributed by atoms with Crippen molar-refractivity contribution in [1.82, 2.24) is 4.57 Å². The Bertz CT molecular complexity index is 289. The molecule has 1 N–H and O–H groups in total. The number of hydrogen-bond donors (Lipinski definition) is 1. The van der Waals surface area contributed by atoms with Crippen LogP contribution in [0.1, 0.15) is 17.7 Å². The average Bonchev–Trinajstić information content (AvgIpc) is 2.26. The fourth-order valence-corrected chi connectivity index (χ4v) is 1.27. The van der Waals surface area contributed by atoms with E-state index in [-0.39, 0.29) is 6.42 Å². The molecule has 12 heavy (non-hydrogen) atoms. The van der Waals surface area contributed by atoms with Gasteiger partial charge in [0.25, 0.3) is 0 Å². The predicted octanol–water partition coefficient (Wildman–Crippen LogP) is 1.35. The molecule has 0 amide bonds. The number of carboxylic acid groups (broad SMARTS) is 1. The number of aromatic nitrogens is 1. The highest BCUT2D eigenvalue weighted by Crippen LogP contribution is 2.07. The lowest BCUT2D eigenvalue weighted by atomic mass is 10.2. The molecule has 3 nitrogen and oxygen atoms in total. The molecule has 1 aromatic heterocycles. The molecule has 0 radical (unpaired) electrons. The third kappa shape index (κ3) is 2.12. The number of nitrogens with zero attached hydrogens (tertiary/aromatic N) is 1. The fourth-order valence-electron chi connectivity index (χ4n) is 1.27. The van der Waals surface area contributed by atoms with Crippen LogP contribution < -0.4 is 0 Å². The van der Waals surface area contributed by atoms with Gasteiger partial charge in [-0.1, -0.05) is 0 Å². The van der Waals surface area contributed by atoms with E-state index in [1.165, 1.54) is 5.56 Å². The van der Waals surface area contributed by atoms with E-state index in [1.807, 2.05) is 30.8 Å². The Kier molecular flexibility index (Phi) is 2.53. The Balaban J connectivity index is 2.62. The molecule has 0 aliphatic carbocycles. The Morgan fingerprint density at radius 2 is 2.33 bits per heavy atom. The lowest BCUT2D eigenvalue weighted by Crippen LogP contribution is -2.01. The van der Waals surface area contributed by atoms with Crippen LogP contribution in [-0.2, 0) is 18.3 Å². The Labute approximate surface area is 71.6 Å². The summed E-state index contributed by atoms with van der Waals surface area (Å²) in [7, 11) is 1.93. The summed E-state index contributed by atoms with van der Waals surface area (Å²) in [5.41, 5.74) is 2.26. The normalized spacial score (nSPS) is 10.2. The van der Waals surface area contributed by atoms with E-state index in [9.17, 15) is 4.79 Å². The molecule has 0 atom stereocenters. The van der Waals surface area contributed by atoms with Crippen molar-refractivity contribution in [2.45, 2.75) is 19.8 Å². The molecule has 0 saturated heterocycles. The molecule has 0 spiro atoms. The van der Waals surface area contributed by atoms with Gasteiger partial charge in [-0.3, -0.25) is 4.79 Å². The molecule has 0 saturated carbocycles. The zero-order chi connectivity index (χ0) is 9.14. The first-order chi connectivity index (χ1) is 5.59. The van der Waals surface area contributed by atoms with Gasteiger partial charge in [0.2, 0.25) is 0 Å². The highest BCUT2D eigenvalue weighted by atomic mass is 16.4. The molecule has 0 aromatic carbocycles. The van der Waals surface area contributed by atoms with Crippen molar-refractivity contribution in [2.75, 3.05) is 0 Å². The van der Waals surface area contributed by atoms with Crippen LogP contribution in [0.25, 0.3) is 0 Å². The van der Waals surface area contributed by atoms with Gasteiger partial charge in [0.15, 0.2) is 0 Å². The number of carboxylic acids is 1. The van der Waals surface area contributed by atoms with Gasteiger partial charge in [-0.15, -0.1) is 0 Å². The summed E-state index contributed by atoms with van der Waals surface area (Å²) in [6, 6.07) is 2.02. The van der Waals surface area contributed by atoms with Crippen LogP contribution in [0, 0.1) is 6.92 Å². The van der Waals surface area contributed by atoms with Gasteiger partial charge in [-0.05, 0) is 25.0 Å². The third-order valence-corrected chi connectivity index (χ3v) is 1.84. The minimum absolute atomic E-state index is 0.206. The topological polar surface area (TPSA) is 42.2 Å². The van der Waals surface area contributed by atoms with Gasteiger partial charge < -0.3 is 9.67 Å². The molecule has 3 heteroatoms. The van der Waals surface area contributed by atoms with Gasteiger partial charge in [0, 0.05) is 18.9 Å². The Hall–Kier alpha value is -1.25. The van der Waals surface area contributed by atoms with Gasteiger partial charge >= 0.3 is 5.97 Å². The average molecular weight is 167 g/mol. The highest BCUT2D eigenvalue weighted by Gasteiger charge is 2.02. The number of aryl methyl sites for hydroxylation is 3. The molecule has 0 bridgehead atoms. The van der Waals surface area contributed by atoms with Crippen LogP contribution in [0.2, 0.25) is 0 Å². The van der Waals surface area contributed by atoms with Crippen LogP contribution in [0.5, 0.6) is 0 Å². The number of aliphatic carboxylic acids is 1. The molecular weight excluding hydrogens is 154 g/mol. The van der Waals surface area contributed by atoms with Crippen LogP contribution >= 0.6 is 0 Å². The van der Waals surface area contributed by atoms with Crippen molar-refractivity contribution in [3.05, 3.63) is 23.5 Å². The second kappa shape index (κ2) is 3.43. The van der Waals surface area contributed by atoms with Gasteiger partial charge in [-0.25, -0.2) is 0 Å². The van der Waals surface area contributed by atoms with E-state index in [2.05, 4.69) is 0 Å². The molecular formula is C9H13NO2. The second-order valence-electron chi connectivity index (χ2n) is 3.01. The Morgan fingerprint density at radius 3 is 2.75 bits per heavy atom.